The lowest BCUT2D eigenvalue weighted by Gasteiger charge is -2.16. The third kappa shape index (κ3) is 3.17. The fraction of sp³-hybridized carbons (Fsp3) is 0.308. The molecule has 0 fully saturated rings. The lowest BCUT2D eigenvalue weighted by molar-refractivity contribution is 0.0791. The van der Waals surface area contributed by atoms with Crippen LogP contribution in [0.1, 0.15) is 10.5 Å². The summed E-state index contributed by atoms with van der Waals surface area (Å²) < 4.78 is 1.63. The summed E-state index contributed by atoms with van der Waals surface area (Å²) in [4.78, 5) is 18.2. The number of aromatic nitrogens is 3. The molecule has 2 rings (SSSR count). The smallest absolute Gasteiger partial charge is 0.272 e. The van der Waals surface area contributed by atoms with Gasteiger partial charge in [0.25, 0.3) is 5.91 Å². The molecule has 6 nitrogen and oxygen atoms in total. The van der Waals surface area contributed by atoms with E-state index >= 15 is 0 Å². The predicted molar refractivity (Wildman–Crippen MR) is 72.2 cm³/mol. The molecule has 0 aliphatic rings. The second-order valence-corrected chi connectivity index (χ2v) is 4.16. The average Bonchev–Trinajstić information content (AvgIpc) is 2.98. The van der Waals surface area contributed by atoms with E-state index in [9.17, 15) is 4.79 Å². The van der Waals surface area contributed by atoms with Crippen molar-refractivity contribution in [1.82, 2.24) is 25.0 Å². The van der Waals surface area contributed by atoms with Crippen LogP contribution in [0, 0.1) is 0 Å². The number of hydrogen-bond acceptors (Lipinski definition) is 4. The molecule has 6 heteroatoms. The molecule has 0 saturated heterocycles. The standard InChI is InChI=1S/C13H17N5O/c1-14-8-10-17(2)13(19)11-5-3-6-12(16-11)18-9-4-7-15-18/h3-7,9,14H,8,10H2,1-2H3. The zero-order valence-corrected chi connectivity index (χ0v) is 11.1. The summed E-state index contributed by atoms with van der Waals surface area (Å²) in [5.41, 5.74) is 0.423. The lowest BCUT2D eigenvalue weighted by Crippen LogP contribution is -2.33. The first-order valence-corrected chi connectivity index (χ1v) is 6.09. The molecule has 0 aromatic carbocycles. The van der Waals surface area contributed by atoms with Crippen LogP contribution in [-0.4, -0.2) is 52.8 Å². The summed E-state index contributed by atoms with van der Waals surface area (Å²) in [6.07, 6.45) is 3.47. The van der Waals surface area contributed by atoms with Gasteiger partial charge in [0.05, 0.1) is 0 Å². The number of rotatable bonds is 5. The minimum atomic E-state index is -0.0933. The molecular weight excluding hydrogens is 242 g/mol. The maximum atomic E-state index is 12.2. The molecule has 2 aromatic rings. The summed E-state index contributed by atoms with van der Waals surface area (Å²) in [7, 11) is 3.62. The van der Waals surface area contributed by atoms with Crippen molar-refractivity contribution in [3.05, 3.63) is 42.4 Å². The van der Waals surface area contributed by atoms with E-state index in [4.69, 9.17) is 0 Å². The number of likely N-dealkylation sites (N-methyl/N-ethyl adjacent to an activating group) is 2. The molecule has 0 radical (unpaired) electrons. The van der Waals surface area contributed by atoms with Gasteiger partial charge in [-0.05, 0) is 25.2 Å². The van der Waals surface area contributed by atoms with Crippen molar-refractivity contribution in [3.63, 3.8) is 0 Å². The van der Waals surface area contributed by atoms with Crippen LogP contribution in [0.3, 0.4) is 0 Å². The fourth-order valence-corrected chi connectivity index (χ4v) is 1.65. The van der Waals surface area contributed by atoms with Crippen molar-refractivity contribution in [2.24, 2.45) is 0 Å². The van der Waals surface area contributed by atoms with Crippen LogP contribution < -0.4 is 5.32 Å². The molecule has 1 N–H and O–H groups in total. The van der Waals surface area contributed by atoms with Gasteiger partial charge in [-0.15, -0.1) is 0 Å². The van der Waals surface area contributed by atoms with Gasteiger partial charge in [-0.25, -0.2) is 9.67 Å². The number of nitrogens with one attached hydrogen (secondary N) is 1. The molecule has 2 aromatic heterocycles. The van der Waals surface area contributed by atoms with Crippen LogP contribution in [-0.2, 0) is 0 Å². The SMILES string of the molecule is CNCCN(C)C(=O)c1cccc(-n2cccn2)n1. The van der Waals surface area contributed by atoms with Crippen molar-refractivity contribution in [3.8, 4) is 5.82 Å². The summed E-state index contributed by atoms with van der Waals surface area (Å²) in [5, 5.41) is 7.11. The Morgan fingerprint density at radius 2 is 2.26 bits per heavy atom. The van der Waals surface area contributed by atoms with Gasteiger partial charge >= 0.3 is 0 Å². The van der Waals surface area contributed by atoms with Gasteiger partial charge in [-0.3, -0.25) is 4.79 Å². The molecule has 0 unspecified atom stereocenters. The minimum Gasteiger partial charge on any atom is -0.339 e. The normalized spacial score (nSPS) is 10.4. The van der Waals surface area contributed by atoms with Crippen LogP contribution in [0.4, 0.5) is 0 Å². The zero-order chi connectivity index (χ0) is 13.7. The molecule has 0 atom stereocenters. The van der Waals surface area contributed by atoms with Crippen molar-refractivity contribution in [2.45, 2.75) is 0 Å². The molecule has 19 heavy (non-hydrogen) atoms. The topological polar surface area (TPSA) is 63.1 Å². The first kappa shape index (κ1) is 13.2. The van der Waals surface area contributed by atoms with E-state index in [0.29, 0.717) is 18.1 Å². The molecule has 0 saturated carbocycles. The molecule has 0 aliphatic carbocycles. The van der Waals surface area contributed by atoms with Gasteiger partial charge in [0.15, 0.2) is 5.82 Å². The zero-order valence-electron chi connectivity index (χ0n) is 11.1. The Balaban J connectivity index is 2.17. The van der Waals surface area contributed by atoms with Crippen molar-refractivity contribution < 1.29 is 4.79 Å². The van der Waals surface area contributed by atoms with E-state index in [1.54, 1.807) is 35.1 Å². The van der Waals surface area contributed by atoms with Gasteiger partial charge in [0.2, 0.25) is 0 Å². The largest absolute Gasteiger partial charge is 0.339 e. The Kier molecular flexibility index (Phi) is 4.25. The van der Waals surface area contributed by atoms with Crippen molar-refractivity contribution >= 4 is 5.91 Å². The monoisotopic (exact) mass is 259 g/mol. The van der Waals surface area contributed by atoms with Crippen LogP contribution in [0.2, 0.25) is 0 Å². The summed E-state index contributed by atoms with van der Waals surface area (Å²) in [6, 6.07) is 7.15. The number of carbonyl (C=O) groups excluding carboxylic acids is 1. The van der Waals surface area contributed by atoms with Crippen molar-refractivity contribution in [2.75, 3.05) is 27.2 Å². The Bertz CT molecular complexity index is 538. The van der Waals surface area contributed by atoms with Crippen LogP contribution in [0.5, 0.6) is 0 Å². The third-order valence-corrected chi connectivity index (χ3v) is 2.74. The Morgan fingerprint density at radius 1 is 1.42 bits per heavy atom. The predicted octanol–water partition coefficient (Wildman–Crippen LogP) is 0.559. The van der Waals surface area contributed by atoms with Crippen molar-refractivity contribution in [1.29, 1.82) is 0 Å². The Labute approximate surface area is 112 Å². The summed E-state index contributed by atoms with van der Waals surface area (Å²) in [5.74, 6) is 0.544. The quantitative estimate of drug-likeness (QED) is 0.852. The summed E-state index contributed by atoms with van der Waals surface area (Å²) >= 11 is 0. The van der Waals surface area contributed by atoms with E-state index in [1.165, 1.54) is 0 Å². The van der Waals surface area contributed by atoms with Gasteiger partial charge in [0, 0.05) is 32.5 Å². The Morgan fingerprint density at radius 3 is 2.95 bits per heavy atom. The first-order chi connectivity index (χ1) is 9.22. The first-order valence-electron chi connectivity index (χ1n) is 6.09. The highest BCUT2D eigenvalue weighted by Gasteiger charge is 2.13. The van der Waals surface area contributed by atoms with Gasteiger partial charge in [0.1, 0.15) is 5.69 Å². The van der Waals surface area contributed by atoms with E-state index < -0.39 is 0 Å². The number of hydrogen-bond donors (Lipinski definition) is 1. The lowest BCUT2D eigenvalue weighted by atomic mass is 10.3. The highest BCUT2D eigenvalue weighted by atomic mass is 16.2. The highest BCUT2D eigenvalue weighted by Crippen LogP contribution is 2.06. The fourth-order valence-electron chi connectivity index (χ4n) is 1.65. The van der Waals surface area contributed by atoms with Crippen LogP contribution in [0.15, 0.2) is 36.7 Å². The van der Waals surface area contributed by atoms with Crippen LogP contribution >= 0.6 is 0 Å². The van der Waals surface area contributed by atoms with Gasteiger partial charge in [-0.1, -0.05) is 6.07 Å². The van der Waals surface area contributed by atoms with E-state index in [0.717, 1.165) is 6.54 Å². The molecule has 0 spiro atoms. The minimum absolute atomic E-state index is 0.0933. The second-order valence-electron chi connectivity index (χ2n) is 4.16. The maximum absolute atomic E-state index is 12.2. The van der Waals surface area contributed by atoms with Gasteiger partial charge in [-0.2, -0.15) is 5.10 Å². The molecule has 1 amide bonds. The van der Waals surface area contributed by atoms with Crippen LogP contribution in [0.25, 0.3) is 5.82 Å². The highest BCUT2D eigenvalue weighted by molar-refractivity contribution is 5.92. The van der Waals surface area contributed by atoms with E-state index in [-0.39, 0.29) is 5.91 Å². The molecule has 2 heterocycles. The molecule has 0 aliphatic heterocycles. The molecule has 100 valence electrons. The second kappa shape index (κ2) is 6.10. The Hall–Kier alpha value is -2.21. The van der Waals surface area contributed by atoms with E-state index in [2.05, 4.69) is 15.4 Å². The average molecular weight is 259 g/mol. The maximum Gasteiger partial charge on any atom is 0.272 e. The van der Waals surface area contributed by atoms with Gasteiger partial charge < -0.3 is 10.2 Å². The number of pyridine rings is 1. The number of carbonyl (C=O) groups is 1. The third-order valence-electron chi connectivity index (χ3n) is 2.74. The molecular formula is C13H17N5O. The van der Waals surface area contributed by atoms with E-state index in [1.807, 2.05) is 25.2 Å². The summed E-state index contributed by atoms with van der Waals surface area (Å²) in [6.45, 7) is 1.39. The number of nitrogens with zero attached hydrogens (tertiary/aromatic N) is 4. The molecule has 0 bridgehead atoms. The number of amides is 1.